The summed E-state index contributed by atoms with van der Waals surface area (Å²) in [5, 5.41) is 2.61. The minimum atomic E-state index is -4.53. The molecule has 2 amide bonds. The fourth-order valence-corrected chi connectivity index (χ4v) is 2.77. The quantitative estimate of drug-likeness (QED) is 0.871. The molecule has 9 heteroatoms. The zero-order valence-electron chi connectivity index (χ0n) is 14.2. The molecule has 0 radical (unpaired) electrons. The predicted molar refractivity (Wildman–Crippen MR) is 87.5 cm³/mol. The molecule has 1 unspecified atom stereocenters. The van der Waals surface area contributed by atoms with E-state index < -0.39 is 30.5 Å². The number of hydrogen-bond acceptors (Lipinski definition) is 4. The van der Waals surface area contributed by atoms with E-state index in [1.54, 1.807) is 24.3 Å². The van der Waals surface area contributed by atoms with Crippen LogP contribution in [0.2, 0.25) is 0 Å². The van der Waals surface area contributed by atoms with Crippen molar-refractivity contribution in [3.8, 4) is 11.5 Å². The van der Waals surface area contributed by atoms with Crippen molar-refractivity contribution in [2.75, 3.05) is 18.4 Å². The molecule has 0 spiro atoms. The number of urea groups is 1. The first-order valence-electron chi connectivity index (χ1n) is 7.94. The molecule has 1 aromatic carbocycles. The molecule has 0 aliphatic carbocycles. The van der Waals surface area contributed by atoms with E-state index in [0.29, 0.717) is 11.6 Å². The second kappa shape index (κ2) is 6.64. The van der Waals surface area contributed by atoms with Crippen molar-refractivity contribution in [2.24, 2.45) is 0 Å². The third-order valence-electron chi connectivity index (χ3n) is 3.89. The van der Waals surface area contributed by atoms with Gasteiger partial charge in [-0.15, -0.1) is 0 Å². The standard InChI is InChI=1S/C17H18F3N3O3/c1-16(2)10-23(9-13(26-16)17(18,19)20)15(24)22-12-5-3-11(4-6-12)14-21-7-8-25-14/h3-8,13H,9-10H2,1-2H3,(H,22,24). The van der Waals surface area contributed by atoms with Gasteiger partial charge in [0.15, 0.2) is 6.10 Å². The number of nitrogens with one attached hydrogen (secondary N) is 1. The Kier molecular flexibility index (Phi) is 4.66. The predicted octanol–water partition coefficient (Wildman–Crippen LogP) is 3.92. The largest absolute Gasteiger partial charge is 0.445 e. The molecule has 1 fully saturated rings. The van der Waals surface area contributed by atoms with Crippen LogP contribution in [-0.2, 0) is 4.74 Å². The molecule has 3 rings (SSSR count). The average Bonchev–Trinajstić information content (AvgIpc) is 3.07. The van der Waals surface area contributed by atoms with Gasteiger partial charge in [0.25, 0.3) is 0 Å². The van der Waals surface area contributed by atoms with Gasteiger partial charge < -0.3 is 19.4 Å². The summed E-state index contributed by atoms with van der Waals surface area (Å²) in [5.41, 5.74) is 0.0840. The van der Waals surface area contributed by atoms with Gasteiger partial charge in [0.2, 0.25) is 5.89 Å². The Balaban J connectivity index is 1.69. The number of oxazole rings is 1. The molecule has 1 N–H and O–H groups in total. The number of nitrogens with zero attached hydrogens (tertiary/aromatic N) is 2. The second-order valence-corrected chi connectivity index (χ2v) is 6.63. The molecular formula is C17H18F3N3O3. The lowest BCUT2D eigenvalue weighted by Crippen LogP contribution is -2.59. The van der Waals surface area contributed by atoms with Crippen molar-refractivity contribution in [1.29, 1.82) is 0 Å². The van der Waals surface area contributed by atoms with Gasteiger partial charge in [-0.05, 0) is 38.1 Å². The van der Waals surface area contributed by atoms with Gasteiger partial charge in [0.1, 0.15) is 6.26 Å². The highest BCUT2D eigenvalue weighted by Gasteiger charge is 2.49. The monoisotopic (exact) mass is 369 g/mol. The second-order valence-electron chi connectivity index (χ2n) is 6.63. The molecule has 6 nitrogen and oxygen atoms in total. The highest BCUT2D eigenvalue weighted by atomic mass is 19.4. The number of carbonyl (C=O) groups excluding carboxylic acids is 1. The van der Waals surface area contributed by atoms with Crippen molar-refractivity contribution < 1.29 is 27.1 Å². The zero-order valence-corrected chi connectivity index (χ0v) is 14.2. The first kappa shape index (κ1) is 18.2. The SMILES string of the molecule is CC1(C)CN(C(=O)Nc2ccc(-c3ncco3)cc2)CC(C(F)(F)F)O1. The van der Waals surface area contributed by atoms with Gasteiger partial charge in [-0.25, -0.2) is 9.78 Å². The number of hydrogen-bond donors (Lipinski definition) is 1. The number of alkyl halides is 3. The molecule has 1 atom stereocenters. The van der Waals surface area contributed by atoms with Crippen LogP contribution in [0.4, 0.5) is 23.7 Å². The van der Waals surface area contributed by atoms with Crippen LogP contribution in [0, 0.1) is 0 Å². The van der Waals surface area contributed by atoms with Gasteiger partial charge in [-0.3, -0.25) is 0 Å². The van der Waals surface area contributed by atoms with E-state index >= 15 is 0 Å². The Morgan fingerprint density at radius 2 is 2.00 bits per heavy atom. The zero-order chi connectivity index (χ0) is 18.9. The Morgan fingerprint density at radius 3 is 2.58 bits per heavy atom. The van der Waals surface area contributed by atoms with Crippen LogP contribution in [0.25, 0.3) is 11.5 Å². The van der Waals surface area contributed by atoms with Gasteiger partial charge in [0, 0.05) is 11.3 Å². The molecule has 0 saturated carbocycles. The first-order valence-corrected chi connectivity index (χ1v) is 7.94. The molecule has 2 aromatic rings. The van der Waals surface area contributed by atoms with Crippen molar-refractivity contribution in [1.82, 2.24) is 9.88 Å². The molecule has 2 heterocycles. The summed E-state index contributed by atoms with van der Waals surface area (Å²) >= 11 is 0. The molecule has 0 bridgehead atoms. The van der Waals surface area contributed by atoms with Crippen molar-refractivity contribution in [2.45, 2.75) is 31.7 Å². The minimum absolute atomic E-state index is 0.0554. The van der Waals surface area contributed by atoms with E-state index in [2.05, 4.69) is 10.3 Å². The summed E-state index contributed by atoms with van der Waals surface area (Å²) in [6.07, 6.45) is -3.58. The topological polar surface area (TPSA) is 67.6 Å². The van der Waals surface area contributed by atoms with E-state index in [-0.39, 0.29) is 6.54 Å². The minimum Gasteiger partial charge on any atom is -0.445 e. The molecule has 1 aliphatic rings. The third kappa shape index (κ3) is 4.16. The lowest BCUT2D eigenvalue weighted by molar-refractivity contribution is -0.267. The Labute approximate surface area is 147 Å². The Hall–Kier alpha value is -2.55. The number of anilines is 1. The van der Waals surface area contributed by atoms with Crippen molar-refractivity contribution in [3.05, 3.63) is 36.7 Å². The number of amides is 2. The number of rotatable bonds is 2. The number of morpholine rings is 1. The number of benzene rings is 1. The van der Waals surface area contributed by atoms with E-state index in [0.717, 1.165) is 10.5 Å². The summed E-state index contributed by atoms with van der Waals surface area (Å²) in [6, 6.07) is 6.04. The normalized spacial score (nSPS) is 20.0. The van der Waals surface area contributed by atoms with Gasteiger partial charge in [-0.2, -0.15) is 13.2 Å². The highest BCUT2D eigenvalue weighted by molar-refractivity contribution is 5.89. The Bertz CT molecular complexity index is 758. The van der Waals surface area contributed by atoms with E-state index in [9.17, 15) is 18.0 Å². The molecular weight excluding hydrogens is 351 g/mol. The van der Waals surface area contributed by atoms with E-state index in [4.69, 9.17) is 9.15 Å². The molecule has 140 valence electrons. The lowest BCUT2D eigenvalue weighted by Gasteiger charge is -2.43. The maximum atomic E-state index is 13.0. The van der Waals surface area contributed by atoms with E-state index in [1.165, 1.54) is 26.3 Å². The number of ether oxygens (including phenoxy) is 1. The summed E-state index contributed by atoms with van der Waals surface area (Å²) in [6.45, 7) is 2.56. The van der Waals surface area contributed by atoms with Crippen LogP contribution in [0.3, 0.4) is 0 Å². The maximum absolute atomic E-state index is 13.0. The fraction of sp³-hybridized carbons (Fsp3) is 0.412. The van der Waals surface area contributed by atoms with Crippen LogP contribution < -0.4 is 5.32 Å². The summed E-state index contributed by atoms with van der Waals surface area (Å²) in [7, 11) is 0. The number of halogens is 3. The van der Waals surface area contributed by atoms with Crippen LogP contribution in [0.1, 0.15) is 13.8 Å². The lowest BCUT2D eigenvalue weighted by atomic mass is 10.1. The highest BCUT2D eigenvalue weighted by Crippen LogP contribution is 2.32. The van der Waals surface area contributed by atoms with E-state index in [1.807, 2.05) is 0 Å². The van der Waals surface area contributed by atoms with Gasteiger partial charge in [0.05, 0.1) is 24.9 Å². The summed E-state index contributed by atoms with van der Waals surface area (Å²) in [4.78, 5) is 17.5. The molecule has 26 heavy (non-hydrogen) atoms. The summed E-state index contributed by atoms with van der Waals surface area (Å²) in [5.74, 6) is 0.436. The first-order chi connectivity index (χ1) is 12.1. The molecule has 1 aromatic heterocycles. The van der Waals surface area contributed by atoms with Crippen LogP contribution in [0.15, 0.2) is 41.1 Å². The van der Waals surface area contributed by atoms with Crippen LogP contribution in [-0.4, -0.2) is 46.9 Å². The van der Waals surface area contributed by atoms with Crippen molar-refractivity contribution >= 4 is 11.7 Å². The van der Waals surface area contributed by atoms with Gasteiger partial charge >= 0.3 is 12.2 Å². The summed E-state index contributed by atoms with van der Waals surface area (Å²) < 4.78 is 49.3. The van der Waals surface area contributed by atoms with Crippen LogP contribution >= 0.6 is 0 Å². The van der Waals surface area contributed by atoms with Crippen molar-refractivity contribution in [3.63, 3.8) is 0 Å². The number of carbonyl (C=O) groups is 1. The third-order valence-corrected chi connectivity index (χ3v) is 3.89. The molecule has 1 aliphatic heterocycles. The maximum Gasteiger partial charge on any atom is 0.416 e. The van der Waals surface area contributed by atoms with Gasteiger partial charge in [-0.1, -0.05) is 0 Å². The fourth-order valence-electron chi connectivity index (χ4n) is 2.77. The average molecular weight is 369 g/mol. The number of aromatic nitrogens is 1. The van der Waals surface area contributed by atoms with Crippen LogP contribution in [0.5, 0.6) is 0 Å². The molecule has 1 saturated heterocycles. The Morgan fingerprint density at radius 1 is 1.31 bits per heavy atom. The smallest absolute Gasteiger partial charge is 0.416 e.